The molecule has 91 valence electrons. The molecule has 6 nitrogen and oxygen atoms in total. The summed E-state index contributed by atoms with van der Waals surface area (Å²) in [5.41, 5.74) is 5.08. The number of hydrogen-bond donors (Lipinski definition) is 5. The molecule has 1 amide bonds. The Morgan fingerprint density at radius 1 is 1.56 bits per heavy atom. The van der Waals surface area contributed by atoms with Gasteiger partial charge in [-0.25, -0.2) is 0 Å². The average molecular weight is 245 g/mol. The lowest BCUT2D eigenvalue weighted by atomic mass is 10.1. The molecule has 0 aromatic carbocycles. The van der Waals surface area contributed by atoms with Gasteiger partial charge in [-0.3, -0.25) is 15.0 Å². The molecule has 0 fully saturated rings. The predicted octanol–water partition coefficient (Wildman–Crippen LogP) is -0.836. The molecule has 0 spiro atoms. The molecule has 1 atom stereocenters. The van der Waals surface area contributed by atoms with Crippen LogP contribution in [0, 0.1) is 5.41 Å². The molecule has 0 saturated carbocycles. The molecule has 0 aliphatic carbocycles. The van der Waals surface area contributed by atoms with Crippen LogP contribution in [0.3, 0.4) is 0 Å². The number of carbonyl (C=O) groups is 1. The van der Waals surface area contributed by atoms with Gasteiger partial charge in [0.05, 0.1) is 6.04 Å². The molecular formula is C9H17N4O2S. The minimum atomic E-state index is -0.596. The quantitative estimate of drug-likeness (QED) is 0.166. The second-order valence-corrected chi connectivity index (χ2v) is 3.64. The van der Waals surface area contributed by atoms with Gasteiger partial charge in [0.1, 0.15) is 0 Å². The van der Waals surface area contributed by atoms with Crippen molar-refractivity contribution in [3.63, 3.8) is 0 Å². The number of amides is 1. The monoisotopic (exact) mass is 245 g/mol. The van der Waals surface area contributed by atoms with E-state index >= 15 is 0 Å². The Morgan fingerprint density at radius 3 is 2.75 bits per heavy atom. The first kappa shape index (κ1) is 14.8. The van der Waals surface area contributed by atoms with E-state index in [2.05, 4.69) is 23.3 Å². The summed E-state index contributed by atoms with van der Waals surface area (Å²) in [6, 6.07) is -0.596. The van der Waals surface area contributed by atoms with Crippen molar-refractivity contribution in [3.8, 4) is 0 Å². The largest absolute Gasteiger partial charge is 0.370 e. The van der Waals surface area contributed by atoms with Gasteiger partial charge >= 0.3 is 0 Å². The normalized spacial score (nSPS) is 11.6. The molecule has 5 N–H and O–H groups in total. The van der Waals surface area contributed by atoms with E-state index in [0.29, 0.717) is 25.1 Å². The number of nitrogens with two attached hydrogens (primary N) is 1. The van der Waals surface area contributed by atoms with Crippen LogP contribution < -0.4 is 16.4 Å². The Balaban J connectivity index is 3.70. The van der Waals surface area contributed by atoms with Crippen molar-refractivity contribution >= 4 is 30.8 Å². The highest BCUT2D eigenvalue weighted by molar-refractivity contribution is 7.80. The highest BCUT2D eigenvalue weighted by atomic mass is 32.1. The third-order valence-electron chi connectivity index (χ3n) is 1.80. The molecule has 0 aliphatic heterocycles. The smallest absolute Gasteiger partial charge is 0.222 e. The molecule has 0 aromatic heterocycles. The maximum atomic E-state index is 11.1. The van der Waals surface area contributed by atoms with Crippen molar-refractivity contribution in [1.29, 1.82) is 5.41 Å². The number of hydrogen-bond acceptors (Lipinski definition) is 4. The van der Waals surface area contributed by atoms with E-state index in [1.165, 1.54) is 0 Å². The molecule has 7 heteroatoms. The maximum absolute atomic E-state index is 11.1. The topological polar surface area (TPSA) is 108 Å². The van der Waals surface area contributed by atoms with Crippen molar-refractivity contribution in [2.45, 2.75) is 25.3 Å². The summed E-state index contributed by atoms with van der Waals surface area (Å²) in [4.78, 5) is 21.7. The zero-order chi connectivity index (χ0) is 12.4. The Labute approximate surface area is 100 Å². The van der Waals surface area contributed by atoms with Crippen LogP contribution in [0.2, 0.25) is 0 Å². The van der Waals surface area contributed by atoms with Crippen LogP contribution >= 0.6 is 12.6 Å². The van der Waals surface area contributed by atoms with Crippen molar-refractivity contribution < 1.29 is 9.59 Å². The van der Waals surface area contributed by atoms with E-state index in [-0.39, 0.29) is 18.3 Å². The first-order valence-electron chi connectivity index (χ1n) is 4.96. The van der Waals surface area contributed by atoms with Crippen LogP contribution in [0.15, 0.2) is 0 Å². The van der Waals surface area contributed by atoms with Gasteiger partial charge in [-0.1, -0.05) is 0 Å². The molecule has 16 heavy (non-hydrogen) atoms. The molecule has 0 aromatic rings. The Kier molecular flexibility index (Phi) is 8.32. The van der Waals surface area contributed by atoms with Crippen LogP contribution in [0.5, 0.6) is 0 Å². The summed E-state index contributed by atoms with van der Waals surface area (Å²) in [5.74, 6) is 0.136. The lowest BCUT2D eigenvalue weighted by Gasteiger charge is -2.11. The van der Waals surface area contributed by atoms with Gasteiger partial charge in [0.2, 0.25) is 12.2 Å². The Bertz CT molecular complexity index is 248. The standard InChI is InChI=1S/C9H17N4O2S/c10-9(11)12-4-1-2-7(6-14)13-8(15)3-5-16/h7,16H,1-5H2,(H,13,15)(H4,10,11,12)/t7-/m0/s1. The average Bonchev–Trinajstić information content (AvgIpc) is 2.22. The molecule has 0 unspecified atom stereocenters. The van der Waals surface area contributed by atoms with Crippen LogP contribution in [-0.4, -0.2) is 36.5 Å². The van der Waals surface area contributed by atoms with Crippen LogP contribution in [-0.2, 0) is 9.59 Å². The van der Waals surface area contributed by atoms with Crippen LogP contribution in [0.25, 0.3) is 0 Å². The van der Waals surface area contributed by atoms with Crippen molar-refractivity contribution in [1.82, 2.24) is 10.6 Å². The molecule has 0 saturated heterocycles. The first-order chi connectivity index (χ1) is 7.60. The number of guanidine groups is 1. The third-order valence-corrected chi connectivity index (χ3v) is 2.02. The van der Waals surface area contributed by atoms with Crippen molar-refractivity contribution in [3.05, 3.63) is 0 Å². The fourth-order valence-electron chi connectivity index (χ4n) is 1.06. The zero-order valence-corrected chi connectivity index (χ0v) is 9.85. The van der Waals surface area contributed by atoms with Gasteiger partial charge in [0.25, 0.3) is 0 Å². The summed E-state index contributed by atoms with van der Waals surface area (Å²) < 4.78 is 0. The Morgan fingerprint density at radius 2 is 2.25 bits per heavy atom. The van der Waals surface area contributed by atoms with Crippen molar-refractivity contribution in [2.75, 3.05) is 12.3 Å². The SMILES string of the molecule is N=C(N)NCCC[C@@H]([C]=O)NC(=O)CCS. The minimum Gasteiger partial charge on any atom is -0.370 e. The van der Waals surface area contributed by atoms with Gasteiger partial charge in [-0.15, -0.1) is 0 Å². The lowest BCUT2D eigenvalue weighted by Crippen LogP contribution is -2.37. The maximum Gasteiger partial charge on any atom is 0.222 e. The van der Waals surface area contributed by atoms with Gasteiger partial charge in [-0.2, -0.15) is 12.6 Å². The van der Waals surface area contributed by atoms with E-state index in [9.17, 15) is 9.59 Å². The zero-order valence-electron chi connectivity index (χ0n) is 8.95. The van der Waals surface area contributed by atoms with Crippen LogP contribution in [0.4, 0.5) is 0 Å². The minimum absolute atomic E-state index is 0.106. The van der Waals surface area contributed by atoms with E-state index in [1.54, 1.807) is 6.29 Å². The lowest BCUT2D eigenvalue weighted by molar-refractivity contribution is -0.121. The molecule has 0 heterocycles. The summed E-state index contributed by atoms with van der Waals surface area (Å²) in [6.07, 6.45) is 3.14. The molecule has 0 bridgehead atoms. The molecule has 1 radical (unpaired) electrons. The van der Waals surface area contributed by atoms with Crippen molar-refractivity contribution in [2.24, 2.45) is 5.73 Å². The summed E-state index contributed by atoms with van der Waals surface area (Å²) >= 11 is 3.91. The van der Waals surface area contributed by atoms with Gasteiger partial charge in [0.15, 0.2) is 5.96 Å². The number of nitrogens with one attached hydrogen (secondary N) is 3. The predicted molar refractivity (Wildman–Crippen MR) is 65.2 cm³/mol. The molecule has 0 aliphatic rings. The third kappa shape index (κ3) is 8.10. The fourth-order valence-corrected chi connectivity index (χ4v) is 1.26. The summed E-state index contributed by atoms with van der Waals surface area (Å²) in [5, 5.41) is 12.0. The second-order valence-electron chi connectivity index (χ2n) is 3.19. The van der Waals surface area contributed by atoms with E-state index in [0.717, 1.165) is 0 Å². The molecule has 0 rings (SSSR count). The van der Waals surface area contributed by atoms with Gasteiger partial charge < -0.3 is 16.4 Å². The van der Waals surface area contributed by atoms with Gasteiger partial charge in [0, 0.05) is 13.0 Å². The first-order valence-corrected chi connectivity index (χ1v) is 5.59. The summed E-state index contributed by atoms with van der Waals surface area (Å²) in [7, 11) is 0. The highest BCUT2D eigenvalue weighted by Gasteiger charge is 2.10. The fraction of sp³-hybridized carbons (Fsp3) is 0.667. The van der Waals surface area contributed by atoms with Crippen LogP contribution in [0.1, 0.15) is 19.3 Å². The van der Waals surface area contributed by atoms with E-state index in [1.807, 2.05) is 0 Å². The Hall–Kier alpha value is -1.24. The number of carbonyl (C=O) groups excluding carboxylic acids is 2. The highest BCUT2D eigenvalue weighted by Crippen LogP contribution is 1.95. The van der Waals surface area contributed by atoms with E-state index in [4.69, 9.17) is 11.1 Å². The second kappa shape index (κ2) is 9.02. The number of rotatable bonds is 8. The van der Waals surface area contributed by atoms with E-state index < -0.39 is 6.04 Å². The molecular weight excluding hydrogens is 228 g/mol. The summed E-state index contributed by atoms with van der Waals surface area (Å²) in [6.45, 7) is 0.496. The number of thiol groups is 1. The van der Waals surface area contributed by atoms with Gasteiger partial charge in [-0.05, 0) is 18.6 Å².